The van der Waals surface area contributed by atoms with Gasteiger partial charge in [0, 0.05) is 17.6 Å². The summed E-state index contributed by atoms with van der Waals surface area (Å²) in [4.78, 5) is 20.8. The van der Waals surface area contributed by atoms with Gasteiger partial charge in [-0.2, -0.15) is 5.10 Å². The number of imidazole rings is 1. The Kier molecular flexibility index (Phi) is 5.11. The van der Waals surface area contributed by atoms with Gasteiger partial charge in [0.05, 0.1) is 22.4 Å². The van der Waals surface area contributed by atoms with Gasteiger partial charge >= 0.3 is 0 Å². The number of hydrogen-bond acceptors (Lipinski definition) is 3. The van der Waals surface area contributed by atoms with E-state index in [4.69, 9.17) is 11.6 Å². The highest BCUT2D eigenvalue weighted by Gasteiger charge is 2.17. The second kappa shape index (κ2) is 7.72. The van der Waals surface area contributed by atoms with Crippen LogP contribution in [-0.2, 0) is 13.5 Å². The second-order valence-corrected chi connectivity index (χ2v) is 7.93. The fourth-order valence-corrected chi connectivity index (χ4v) is 3.52. The van der Waals surface area contributed by atoms with Crippen LogP contribution in [0.1, 0.15) is 30.0 Å². The molecule has 4 rings (SSSR count). The molecule has 2 heterocycles. The van der Waals surface area contributed by atoms with Crippen LogP contribution in [0.2, 0.25) is 5.02 Å². The number of amides is 1. The third-order valence-electron chi connectivity index (χ3n) is 4.65. The zero-order valence-corrected chi connectivity index (χ0v) is 17.3. The first-order valence-corrected chi connectivity index (χ1v) is 9.87. The van der Waals surface area contributed by atoms with Crippen LogP contribution in [0.3, 0.4) is 0 Å². The fraction of sp³-hybridized carbons (Fsp3) is 0.227. The van der Waals surface area contributed by atoms with Crippen molar-refractivity contribution in [2.75, 3.05) is 5.32 Å². The summed E-state index contributed by atoms with van der Waals surface area (Å²) in [6.45, 7) is 4.26. The van der Waals surface area contributed by atoms with E-state index in [0.29, 0.717) is 28.1 Å². The summed E-state index contributed by atoms with van der Waals surface area (Å²) in [5.74, 6) is 0.938. The molecule has 2 aromatic heterocycles. The maximum absolute atomic E-state index is 12.9. The van der Waals surface area contributed by atoms with Crippen molar-refractivity contribution in [3.05, 3.63) is 64.9 Å². The van der Waals surface area contributed by atoms with E-state index in [1.54, 1.807) is 17.8 Å². The number of aromatic nitrogens is 4. The maximum Gasteiger partial charge on any atom is 0.273 e. The predicted molar refractivity (Wildman–Crippen MR) is 116 cm³/mol. The maximum atomic E-state index is 12.9. The normalized spacial score (nSPS) is 11.3. The van der Waals surface area contributed by atoms with Gasteiger partial charge in [-0.25, -0.2) is 4.98 Å². The van der Waals surface area contributed by atoms with Crippen LogP contribution in [0.15, 0.2) is 48.5 Å². The van der Waals surface area contributed by atoms with Gasteiger partial charge in [0.1, 0.15) is 11.5 Å². The molecule has 0 aliphatic carbocycles. The molecule has 0 bridgehead atoms. The summed E-state index contributed by atoms with van der Waals surface area (Å²) < 4.78 is 1.62. The molecule has 0 saturated carbocycles. The number of hydrogen-bond donors (Lipinski definition) is 2. The summed E-state index contributed by atoms with van der Waals surface area (Å²) >= 11 is 6.08. The molecule has 1 amide bonds. The van der Waals surface area contributed by atoms with Crippen LogP contribution < -0.4 is 5.32 Å². The Morgan fingerprint density at radius 1 is 1.21 bits per heavy atom. The molecule has 0 fully saturated rings. The molecule has 4 aromatic rings. The number of fused-ring (bicyclic) bond motifs is 1. The average molecular weight is 408 g/mol. The van der Waals surface area contributed by atoms with E-state index in [0.717, 1.165) is 28.7 Å². The molecule has 29 heavy (non-hydrogen) atoms. The molecule has 0 radical (unpaired) electrons. The van der Waals surface area contributed by atoms with Crippen molar-refractivity contribution in [1.82, 2.24) is 19.7 Å². The van der Waals surface area contributed by atoms with Gasteiger partial charge in [0.2, 0.25) is 0 Å². The van der Waals surface area contributed by atoms with E-state index in [9.17, 15) is 4.79 Å². The van der Waals surface area contributed by atoms with Gasteiger partial charge in [-0.15, -0.1) is 0 Å². The highest BCUT2D eigenvalue weighted by molar-refractivity contribution is 6.31. The van der Waals surface area contributed by atoms with Crippen LogP contribution in [0.5, 0.6) is 0 Å². The number of para-hydroxylation sites is 1. The summed E-state index contributed by atoms with van der Waals surface area (Å²) in [5.41, 5.74) is 4.57. The van der Waals surface area contributed by atoms with Gasteiger partial charge in [-0.1, -0.05) is 37.6 Å². The Bertz CT molecular complexity index is 1190. The number of carbonyl (C=O) groups is 1. The molecular weight excluding hydrogens is 386 g/mol. The molecule has 0 atom stereocenters. The molecule has 0 aliphatic rings. The van der Waals surface area contributed by atoms with E-state index in [1.165, 1.54) is 0 Å². The quantitative estimate of drug-likeness (QED) is 0.485. The number of anilines is 1. The Labute approximate surface area is 173 Å². The molecule has 0 aliphatic heterocycles. The summed E-state index contributed by atoms with van der Waals surface area (Å²) in [6, 6.07) is 14.9. The van der Waals surface area contributed by atoms with E-state index in [-0.39, 0.29) is 5.91 Å². The minimum atomic E-state index is -0.207. The van der Waals surface area contributed by atoms with E-state index in [1.807, 2.05) is 42.5 Å². The van der Waals surface area contributed by atoms with Gasteiger partial charge in [-0.3, -0.25) is 9.48 Å². The number of carbonyl (C=O) groups excluding carboxylic acids is 1. The molecule has 0 unspecified atom stereocenters. The summed E-state index contributed by atoms with van der Waals surface area (Å²) in [7, 11) is 1.79. The van der Waals surface area contributed by atoms with E-state index >= 15 is 0 Å². The second-order valence-electron chi connectivity index (χ2n) is 7.49. The zero-order chi connectivity index (χ0) is 20.5. The lowest BCUT2D eigenvalue weighted by Crippen LogP contribution is -2.16. The largest absolute Gasteiger partial charge is 0.338 e. The summed E-state index contributed by atoms with van der Waals surface area (Å²) in [5, 5.41) is 8.10. The first kappa shape index (κ1) is 19.2. The van der Waals surface area contributed by atoms with Crippen LogP contribution in [-0.4, -0.2) is 25.7 Å². The van der Waals surface area contributed by atoms with Crippen molar-refractivity contribution < 1.29 is 4.79 Å². The highest BCUT2D eigenvalue weighted by atomic mass is 35.5. The molecule has 2 N–H and O–H groups in total. The Morgan fingerprint density at radius 2 is 2.00 bits per heavy atom. The van der Waals surface area contributed by atoms with Gasteiger partial charge in [0.15, 0.2) is 0 Å². The number of nitrogens with one attached hydrogen (secondary N) is 2. The van der Waals surface area contributed by atoms with Crippen molar-refractivity contribution in [3.8, 4) is 11.4 Å². The topological polar surface area (TPSA) is 75.6 Å². The van der Waals surface area contributed by atoms with Crippen LogP contribution in [0.25, 0.3) is 22.4 Å². The Morgan fingerprint density at radius 3 is 2.79 bits per heavy atom. The van der Waals surface area contributed by atoms with Crippen LogP contribution in [0, 0.1) is 5.92 Å². The third-order valence-corrected chi connectivity index (χ3v) is 4.89. The average Bonchev–Trinajstić information content (AvgIpc) is 3.24. The van der Waals surface area contributed by atoms with Crippen LogP contribution >= 0.6 is 11.6 Å². The molecule has 0 saturated heterocycles. The molecule has 148 valence electrons. The molecular formula is C22H22ClN5O. The van der Waals surface area contributed by atoms with Crippen molar-refractivity contribution in [2.45, 2.75) is 20.3 Å². The zero-order valence-electron chi connectivity index (χ0n) is 16.5. The first-order chi connectivity index (χ1) is 13.9. The molecule has 6 nitrogen and oxygen atoms in total. The Balaban J connectivity index is 1.65. The Hall–Kier alpha value is -3.12. The number of aromatic amines is 1. The van der Waals surface area contributed by atoms with Crippen molar-refractivity contribution in [2.24, 2.45) is 13.0 Å². The number of benzene rings is 2. The first-order valence-electron chi connectivity index (χ1n) is 9.49. The molecule has 0 spiro atoms. The van der Waals surface area contributed by atoms with Gasteiger partial charge in [0.25, 0.3) is 5.91 Å². The van der Waals surface area contributed by atoms with E-state index in [2.05, 4.69) is 34.2 Å². The standard InChI is InChI=1S/C22H22ClN5O/c1-13(2)10-15-12-20(28(3)27-15)22(29)26-17-7-5-4-6-16(17)21-24-18-9-8-14(23)11-19(18)25-21/h4-9,11-13H,10H2,1-3H3,(H,24,25)(H,26,29). The lowest BCUT2D eigenvalue weighted by Gasteiger charge is -2.09. The van der Waals surface area contributed by atoms with Crippen molar-refractivity contribution in [1.29, 1.82) is 0 Å². The molecule has 2 aromatic carbocycles. The number of aryl methyl sites for hydroxylation is 1. The SMILES string of the molecule is CC(C)Cc1cc(C(=O)Nc2ccccc2-c2nc3ccc(Cl)cc3[nH]2)n(C)n1. The minimum Gasteiger partial charge on any atom is -0.338 e. The van der Waals surface area contributed by atoms with Crippen molar-refractivity contribution in [3.63, 3.8) is 0 Å². The lowest BCUT2D eigenvalue weighted by molar-refractivity contribution is 0.101. The predicted octanol–water partition coefficient (Wildman–Crippen LogP) is 5.07. The highest BCUT2D eigenvalue weighted by Crippen LogP contribution is 2.29. The van der Waals surface area contributed by atoms with E-state index < -0.39 is 0 Å². The molecule has 7 heteroatoms. The minimum absolute atomic E-state index is 0.207. The van der Waals surface area contributed by atoms with Gasteiger partial charge < -0.3 is 10.3 Å². The number of halogens is 1. The van der Waals surface area contributed by atoms with Crippen LogP contribution in [0.4, 0.5) is 5.69 Å². The number of rotatable bonds is 5. The number of H-pyrrole nitrogens is 1. The number of nitrogens with zero attached hydrogens (tertiary/aromatic N) is 3. The monoisotopic (exact) mass is 407 g/mol. The van der Waals surface area contributed by atoms with Gasteiger partial charge in [-0.05, 0) is 48.7 Å². The lowest BCUT2D eigenvalue weighted by atomic mass is 10.1. The third kappa shape index (κ3) is 4.03. The van der Waals surface area contributed by atoms with Crippen molar-refractivity contribution >= 4 is 34.2 Å². The summed E-state index contributed by atoms with van der Waals surface area (Å²) in [6.07, 6.45) is 0.833. The smallest absolute Gasteiger partial charge is 0.273 e. The fourth-order valence-electron chi connectivity index (χ4n) is 3.35.